The Morgan fingerprint density at radius 2 is 1.86 bits per heavy atom. The molecule has 7 nitrogen and oxygen atoms in total. The van der Waals surface area contributed by atoms with Gasteiger partial charge in [0.15, 0.2) is 0 Å². The van der Waals surface area contributed by atoms with Crippen LogP contribution in [0, 0.1) is 34.0 Å². The van der Waals surface area contributed by atoms with E-state index in [1.807, 2.05) is 0 Å². The summed E-state index contributed by atoms with van der Waals surface area (Å²) in [5, 5.41) is 46.3. The molecule has 0 radical (unpaired) electrons. The number of hydrogen-bond acceptors (Lipinski definition) is 7. The van der Waals surface area contributed by atoms with Gasteiger partial charge in [-0.15, -0.1) is 0 Å². The summed E-state index contributed by atoms with van der Waals surface area (Å²) < 4.78 is 11.6. The van der Waals surface area contributed by atoms with Crippen molar-refractivity contribution in [1.82, 2.24) is 0 Å². The Labute approximate surface area is 170 Å². The first-order valence-corrected chi connectivity index (χ1v) is 10.7. The molecule has 10 atom stereocenters. The van der Waals surface area contributed by atoms with E-state index >= 15 is 0 Å². The molecule has 6 fully saturated rings. The van der Waals surface area contributed by atoms with E-state index in [2.05, 4.69) is 20.4 Å². The number of fused-ring (bicyclic) bond motifs is 2. The second-order valence-electron chi connectivity index (χ2n) is 10.7. The van der Waals surface area contributed by atoms with Gasteiger partial charge in [-0.25, -0.2) is 0 Å². The van der Waals surface area contributed by atoms with Crippen LogP contribution in [0.5, 0.6) is 0 Å². The zero-order valence-electron chi connectivity index (χ0n) is 17.3. The van der Waals surface area contributed by atoms with Crippen molar-refractivity contribution >= 4 is 5.97 Å². The van der Waals surface area contributed by atoms with Gasteiger partial charge >= 0.3 is 5.97 Å². The van der Waals surface area contributed by atoms with Crippen LogP contribution in [0.2, 0.25) is 0 Å². The summed E-state index contributed by atoms with van der Waals surface area (Å²) in [5.74, 6) is -3.74. The van der Waals surface area contributed by atoms with Gasteiger partial charge in [0.25, 0.3) is 0 Å². The summed E-state index contributed by atoms with van der Waals surface area (Å²) in [6.07, 6.45) is -1.55. The predicted octanol–water partition coefficient (Wildman–Crippen LogP) is 0.738. The summed E-state index contributed by atoms with van der Waals surface area (Å²) in [4.78, 5) is 12.0. The monoisotopic (exact) mass is 408 g/mol. The molecule has 4 aliphatic carbocycles. The van der Waals surface area contributed by atoms with Crippen molar-refractivity contribution < 1.29 is 34.7 Å². The van der Waals surface area contributed by atoms with Crippen LogP contribution in [-0.2, 0) is 14.3 Å². The standard InChI is InChI=1S/C22H32O7/c1-10-12-5-6-13-20-9-28-22(27,21(13,16(12)25)18(10)29-11(2)23)17(26)15(20)19(3,4)8-7-14(20)24/h12-18,24-27H,1,5-9H2,2-4H3/t12-,13-,14-,15+,16?,17-,18+,20+,21+,22+/m0/s1. The van der Waals surface area contributed by atoms with Gasteiger partial charge in [0, 0.05) is 24.2 Å². The van der Waals surface area contributed by atoms with Crippen LogP contribution in [-0.4, -0.2) is 63.2 Å². The van der Waals surface area contributed by atoms with E-state index < -0.39 is 52.9 Å². The maximum atomic E-state index is 12.0. The number of esters is 1. The summed E-state index contributed by atoms with van der Waals surface area (Å²) >= 11 is 0. The van der Waals surface area contributed by atoms with Crippen LogP contribution in [0.3, 0.4) is 0 Å². The molecule has 0 aromatic rings. The molecule has 2 spiro atoms. The zero-order chi connectivity index (χ0) is 21.1. The van der Waals surface area contributed by atoms with Gasteiger partial charge in [-0.1, -0.05) is 20.4 Å². The lowest BCUT2D eigenvalue weighted by Crippen LogP contribution is -2.86. The molecule has 162 valence electrons. The van der Waals surface area contributed by atoms with E-state index in [1.165, 1.54) is 6.92 Å². The average Bonchev–Trinajstić information content (AvgIpc) is 2.75. The molecule has 7 heteroatoms. The molecular weight excluding hydrogens is 376 g/mol. The molecule has 4 bridgehead atoms. The third-order valence-corrected chi connectivity index (χ3v) is 9.38. The van der Waals surface area contributed by atoms with E-state index in [-0.39, 0.29) is 23.9 Å². The molecule has 0 aromatic carbocycles. The Morgan fingerprint density at radius 1 is 1.17 bits per heavy atom. The molecule has 2 saturated heterocycles. The molecule has 29 heavy (non-hydrogen) atoms. The maximum Gasteiger partial charge on any atom is 0.303 e. The molecule has 6 aliphatic rings. The first kappa shape index (κ1) is 19.9. The predicted molar refractivity (Wildman–Crippen MR) is 101 cm³/mol. The fourth-order valence-electron chi connectivity index (χ4n) is 8.46. The Bertz CT molecular complexity index is 779. The van der Waals surface area contributed by atoms with Gasteiger partial charge in [0.1, 0.15) is 12.2 Å². The fourth-order valence-corrected chi connectivity index (χ4v) is 8.46. The lowest BCUT2D eigenvalue weighted by atomic mass is 9.35. The van der Waals surface area contributed by atoms with Crippen molar-refractivity contribution in [2.75, 3.05) is 6.61 Å². The highest BCUT2D eigenvalue weighted by molar-refractivity contribution is 5.67. The van der Waals surface area contributed by atoms with Gasteiger partial charge in [0.2, 0.25) is 5.79 Å². The minimum Gasteiger partial charge on any atom is -0.457 e. The Balaban J connectivity index is 1.78. The van der Waals surface area contributed by atoms with Crippen LogP contribution >= 0.6 is 0 Å². The van der Waals surface area contributed by atoms with Crippen molar-refractivity contribution in [1.29, 1.82) is 0 Å². The van der Waals surface area contributed by atoms with Crippen LogP contribution in [0.15, 0.2) is 12.2 Å². The summed E-state index contributed by atoms with van der Waals surface area (Å²) in [5.41, 5.74) is -2.04. The summed E-state index contributed by atoms with van der Waals surface area (Å²) in [7, 11) is 0. The molecule has 4 N–H and O–H groups in total. The smallest absolute Gasteiger partial charge is 0.303 e. The summed E-state index contributed by atoms with van der Waals surface area (Å²) in [6.45, 7) is 9.63. The third kappa shape index (κ3) is 1.91. The quantitative estimate of drug-likeness (QED) is 0.373. The molecule has 0 amide bonds. The Hall–Kier alpha value is -0.990. The van der Waals surface area contributed by atoms with E-state index in [9.17, 15) is 25.2 Å². The van der Waals surface area contributed by atoms with Crippen molar-refractivity contribution in [3.05, 3.63) is 12.2 Å². The number of aliphatic hydroxyl groups excluding tert-OH is 3. The number of rotatable bonds is 1. The molecule has 6 rings (SSSR count). The highest BCUT2D eigenvalue weighted by Gasteiger charge is 2.87. The highest BCUT2D eigenvalue weighted by atomic mass is 16.7. The summed E-state index contributed by atoms with van der Waals surface area (Å²) in [6, 6.07) is 0. The lowest BCUT2D eigenvalue weighted by molar-refractivity contribution is -0.476. The second kappa shape index (κ2) is 5.62. The van der Waals surface area contributed by atoms with Crippen LogP contribution in [0.25, 0.3) is 0 Å². The zero-order valence-corrected chi connectivity index (χ0v) is 17.3. The van der Waals surface area contributed by atoms with E-state index in [0.717, 1.165) is 6.42 Å². The minimum atomic E-state index is -2.09. The molecule has 0 aromatic heterocycles. The molecule has 4 saturated carbocycles. The average molecular weight is 408 g/mol. The van der Waals surface area contributed by atoms with Crippen molar-refractivity contribution in [3.8, 4) is 0 Å². The molecular formula is C22H32O7. The number of ether oxygens (including phenoxy) is 2. The Morgan fingerprint density at radius 3 is 2.52 bits per heavy atom. The number of hydrogen-bond donors (Lipinski definition) is 4. The normalized spacial score (nSPS) is 57.2. The Kier molecular flexibility index (Phi) is 3.87. The van der Waals surface area contributed by atoms with Crippen molar-refractivity contribution in [2.45, 2.75) is 76.7 Å². The molecule has 2 heterocycles. The topological polar surface area (TPSA) is 116 Å². The van der Waals surface area contributed by atoms with Crippen LogP contribution in [0.4, 0.5) is 0 Å². The third-order valence-electron chi connectivity index (χ3n) is 9.38. The van der Waals surface area contributed by atoms with Crippen LogP contribution in [0.1, 0.15) is 46.5 Å². The fraction of sp³-hybridized carbons (Fsp3) is 0.864. The van der Waals surface area contributed by atoms with E-state index in [4.69, 9.17) is 9.47 Å². The first-order chi connectivity index (χ1) is 13.5. The SMILES string of the molecule is C=C1[C@@H](OC(C)=O)[C@]23C(O)[C@H]1CC[C@H]2[C@@]12CO[C@]3(O)[C@@H](O)[C@@H]1C(C)(C)CC[C@@H]2O. The van der Waals surface area contributed by atoms with Crippen molar-refractivity contribution in [3.63, 3.8) is 0 Å². The molecule has 2 aliphatic heterocycles. The van der Waals surface area contributed by atoms with Gasteiger partial charge in [-0.05, 0) is 42.6 Å². The van der Waals surface area contributed by atoms with Gasteiger partial charge in [-0.2, -0.15) is 0 Å². The lowest BCUT2D eigenvalue weighted by Gasteiger charge is -2.75. The van der Waals surface area contributed by atoms with Gasteiger partial charge < -0.3 is 29.9 Å². The highest BCUT2D eigenvalue weighted by Crippen LogP contribution is 2.77. The van der Waals surface area contributed by atoms with Gasteiger partial charge in [0.05, 0.1) is 24.2 Å². The number of carbonyl (C=O) groups excluding carboxylic acids is 1. The maximum absolute atomic E-state index is 12.0. The first-order valence-electron chi connectivity index (χ1n) is 10.7. The minimum absolute atomic E-state index is 0.110. The molecule has 1 unspecified atom stereocenters. The number of carbonyl (C=O) groups is 1. The van der Waals surface area contributed by atoms with Crippen LogP contribution < -0.4 is 0 Å². The van der Waals surface area contributed by atoms with Crippen molar-refractivity contribution in [2.24, 2.45) is 34.0 Å². The van der Waals surface area contributed by atoms with E-state index in [1.54, 1.807) is 0 Å². The second-order valence-corrected chi connectivity index (χ2v) is 10.7. The largest absolute Gasteiger partial charge is 0.457 e. The number of aliphatic hydroxyl groups is 4. The van der Waals surface area contributed by atoms with E-state index in [0.29, 0.717) is 24.8 Å². The van der Waals surface area contributed by atoms with Gasteiger partial charge in [-0.3, -0.25) is 4.79 Å².